The van der Waals surface area contributed by atoms with E-state index in [-0.39, 0.29) is 11.4 Å². The second kappa shape index (κ2) is 6.19. The molecule has 0 saturated heterocycles. The van der Waals surface area contributed by atoms with E-state index in [1.165, 1.54) is 16.4 Å². The van der Waals surface area contributed by atoms with E-state index in [1.807, 2.05) is 6.92 Å². The Morgan fingerprint density at radius 1 is 1.50 bits per heavy atom. The van der Waals surface area contributed by atoms with E-state index in [1.54, 1.807) is 24.3 Å². The predicted molar refractivity (Wildman–Crippen MR) is 81.0 cm³/mol. The van der Waals surface area contributed by atoms with E-state index in [2.05, 4.69) is 5.10 Å². The number of rotatable bonds is 5. The number of nitrogens with zero attached hydrogens (tertiary/aromatic N) is 2. The third-order valence-corrected chi connectivity index (χ3v) is 4.12. The number of thioether (sulfide) groups is 1. The SMILES string of the molecule is CCCSc1nn(-c2ccccc2Cl)c(N)c1C(=O)O. The first-order valence-electron chi connectivity index (χ1n) is 6.05. The van der Waals surface area contributed by atoms with E-state index in [0.29, 0.717) is 15.7 Å². The minimum atomic E-state index is -1.08. The maximum atomic E-state index is 11.4. The van der Waals surface area contributed by atoms with Crippen LogP contribution in [-0.2, 0) is 0 Å². The lowest BCUT2D eigenvalue weighted by molar-refractivity contribution is 0.0694. The van der Waals surface area contributed by atoms with Crippen molar-refractivity contribution in [3.63, 3.8) is 0 Å². The van der Waals surface area contributed by atoms with Crippen molar-refractivity contribution < 1.29 is 9.90 Å². The van der Waals surface area contributed by atoms with E-state index in [4.69, 9.17) is 17.3 Å². The summed E-state index contributed by atoms with van der Waals surface area (Å²) in [6.45, 7) is 2.02. The molecule has 2 rings (SSSR count). The number of anilines is 1. The van der Waals surface area contributed by atoms with Gasteiger partial charge in [0.05, 0.1) is 10.7 Å². The first kappa shape index (κ1) is 14.7. The molecule has 0 unspecified atom stereocenters. The molecule has 0 aliphatic rings. The quantitative estimate of drug-likeness (QED) is 0.828. The molecule has 0 fully saturated rings. The first-order chi connectivity index (χ1) is 9.56. The Morgan fingerprint density at radius 3 is 2.80 bits per heavy atom. The number of carbonyl (C=O) groups is 1. The Labute approximate surface area is 125 Å². The van der Waals surface area contributed by atoms with Crippen LogP contribution >= 0.6 is 23.4 Å². The van der Waals surface area contributed by atoms with Crippen LogP contribution in [0.5, 0.6) is 0 Å². The van der Waals surface area contributed by atoms with E-state index >= 15 is 0 Å². The number of hydrogen-bond donors (Lipinski definition) is 2. The van der Waals surface area contributed by atoms with Crippen molar-refractivity contribution in [2.75, 3.05) is 11.5 Å². The van der Waals surface area contributed by atoms with Gasteiger partial charge in [-0.1, -0.05) is 30.7 Å². The number of nitrogens with two attached hydrogens (primary N) is 1. The highest BCUT2D eigenvalue weighted by molar-refractivity contribution is 7.99. The third kappa shape index (κ3) is 2.76. The van der Waals surface area contributed by atoms with Crippen LogP contribution in [0.2, 0.25) is 5.02 Å². The average molecular weight is 312 g/mol. The first-order valence-corrected chi connectivity index (χ1v) is 7.42. The Morgan fingerprint density at radius 2 is 2.20 bits per heavy atom. The molecule has 106 valence electrons. The molecule has 5 nitrogen and oxygen atoms in total. The zero-order chi connectivity index (χ0) is 14.7. The summed E-state index contributed by atoms with van der Waals surface area (Å²) in [6.07, 6.45) is 0.919. The normalized spacial score (nSPS) is 10.7. The summed E-state index contributed by atoms with van der Waals surface area (Å²) in [5.41, 5.74) is 6.52. The number of aromatic carboxylic acids is 1. The van der Waals surface area contributed by atoms with E-state index in [9.17, 15) is 9.90 Å². The van der Waals surface area contributed by atoms with Gasteiger partial charge in [-0.3, -0.25) is 0 Å². The summed E-state index contributed by atoms with van der Waals surface area (Å²) in [4.78, 5) is 11.4. The van der Waals surface area contributed by atoms with Gasteiger partial charge in [-0.2, -0.15) is 5.10 Å². The van der Waals surface area contributed by atoms with Crippen molar-refractivity contribution >= 4 is 35.1 Å². The van der Waals surface area contributed by atoms with Gasteiger partial charge in [-0.25, -0.2) is 9.48 Å². The van der Waals surface area contributed by atoms with Crippen LogP contribution in [0, 0.1) is 0 Å². The number of aromatic nitrogens is 2. The van der Waals surface area contributed by atoms with Crippen LogP contribution < -0.4 is 5.73 Å². The van der Waals surface area contributed by atoms with Gasteiger partial charge in [-0.05, 0) is 24.3 Å². The zero-order valence-electron chi connectivity index (χ0n) is 10.8. The number of para-hydroxylation sites is 1. The molecule has 0 radical (unpaired) electrons. The number of halogens is 1. The van der Waals surface area contributed by atoms with Crippen molar-refractivity contribution in [2.24, 2.45) is 0 Å². The lowest BCUT2D eigenvalue weighted by atomic mass is 10.3. The fourth-order valence-corrected chi connectivity index (χ4v) is 2.81. The molecule has 1 aromatic carbocycles. The number of benzene rings is 1. The monoisotopic (exact) mass is 311 g/mol. The molecular formula is C13H14ClN3O2S. The second-order valence-corrected chi connectivity index (χ2v) is 5.57. The molecule has 3 N–H and O–H groups in total. The highest BCUT2D eigenvalue weighted by Gasteiger charge is 2.23. The standard InChI is InChI=1S/C13H14ClN3O2S/c1-2-7-20-12-10(13(18)19)11(15)17(16-12)9-6-4-3-5-8(9)14/h3-6H,2,7,15H2,1H3,(H,18,19). The molecule has 0 saturated carbocycles. The summed E-state index contributed by atoms with van der Waals surface area (Å²) < 4.78 is 1.38. The summed E-state index contributed by atoms with van der Waals surface area (Å²) in [7, 11) is 0. The van der Waals surface area contributed by atoms with Crippen molar-refractivity contribution in [2.45, 2.75) is 18.4 Å². The molecule has 0 spiro atoms. The van der Waals surface area contributed by atoms with Crippen molar-refractivity contribution in [1.29, 1.82) is 0 Å². The molecule has 0 aliphatic carbocycles. The summed E-state index contributed by atoms with van der Waals surface area (Å²) >= 11 is 7.48. The molecular weight excluding hydrogens is 298 g/mol. The van der Waals surface area contributed by atoms with Crippen molar-refractivity contribution in [1.82, 2.24) is 9.78 Å². The van der Waals surface area contributed by atoms with Gasteiger partial charge in [0.15, 0.2) is 0 Å². The number of nitrogen functional groups attached to an aromatic ring is 1. The van der Waals surface area contributed by atoms with Crippen LogP contribution in [0.25, 0.3) is 5.69 Å². The largest absolute Gasteiger partial charge is 0.477 e. The van der Waals surface area contributed by atoms with E-state index < -0.39 is 5.97 Å². The summed E-state index contributed by atoms with van der Waals surface area (Å²) in [5.74, 6) is -0.220. The minimum Gasteiger partial charge on any atom is -0.477 e. The molecule has 0 aliphatic heterocycles. The zero-order valence-corrected chi connectivity index (χ0v) is 12.4. The van der Waals surface area contributed by atoms with Crippen LogP contribution in [0.1, 0.15) is 23.7 Å². The maximum Gasteiger partial charge on any atom is 0.342 e. The van der Waals surface area contributed by atoms with Gasteiger partial charge < -0.3 is 10.8 Å². The molecule has 0 atom stereocenters. The Balaban J connectivity index is 2.55. The van der Waals surface area contributed by atoms with Gasteiger partial charge in [-0.15, -0.1) is 11.8 Å². The van der Waals surface area contributed by atoms with Gasteiger partial charge in [0.25, 0.3) is 0 Å². The van der Waals surface area contributed by atoms with Crippen LogP contribution in [-0.4, -0.2) is 26.6 Å². The van der Waals surface area contributed by atoms with Crippen LogP contribution in [0.15, 0.2) is 29.3 Å². The van der Waals surface area contributed by atoms with Gasteiger partial charge in [0.1, 0.15) is 16.4 Å². The number of carboxylic acid groups (broad SMARTS) is 1. The molecule has 1 aromatic heterocycles. The smallest absolute Gasteiger partial charge is 0.342 e. The fraction of sp³-hybridized carbons (Fsp3) is 0.231. The molecule has 20 heavy (non-hydrogen) atoms. The second-order valence-electron chi connectivity index (χ2n) is 4.08. The Kier molecular flexibility index (Phi) is 4.57. The molecule has 0 amide bonds. The van der Waals surface area contributed by atoms with Crippen LogP contribution in [0.4, 0.5) is 5.82 Å². The van der Waals surface area contributed by atoms with Gasteiger partial charge in [0.2, 0.25) is 0 Å². The fourth-order valence-electron chi connectivity index (χ4n) is 1.72. The molecule has 0 bridgehead atoms. The summed E-state index contributed by atoms with van der Waals surface area (Å²) in [5, 5.41) is 14.5. The maximum absolute atomic E-state index is 11.4. The number of hydrogen-bond acceptors (Lipinski definition) is 4. The van der Waals surface area contributed by atoms with Crippen molar-refractivity contribution in [3.8, 4) is 5.69 Å². The van der Waals surface area contributed by atoms with Crippen LogP contribution in [0.3, 0.4) is 0 Å². The van der Waals surface area contributed by atoms with Gasteiger partial charge in [0, 0.05) is 0 Å². The number of carboxylic acids is 1. The molecule has 1 heterocycles. The van der Waals surface area contributed by atoms with Crippen molar-refractivity contribution in [3.05, 3.63) is 34.9 Å². The average Bonchev–Trinajstić information content (AvgIpc) is 2.74. The lowest BCUT2D eigenvalue weighted by Gasteiger charge is -2.05. The highest BCUT2D eigenvalue weighted by atomic mass is 35.5. The Hall–Kier alpha value is -1.66. The lowest BCUT2D eigenvalue weighted by Crippen LogP contribution is -2.06. The Bertz CT molecular complexity index is 643. The third-order valence-electron chi connectivity index (χ3n) is 2.63. The topological polar surface area (TPSA) is 81.1 Å². The van der Waals surface area contributed by atoms with Gasteiger partial charge >= 0.3 is 5.97 Å². The predicted octanol–water partition coefficient (Wildman–Crippen LogP) is 3.31. The highest BCUT2D eigenvalue weighted by Crippen LogP contribution is 2.31. The van der Waals surface area contributed by atoms with E-state index in [0.717, 1.165) is 12.2 Å². The minimum absolute atomic E-state index is 0.0309. The summed E-state index contributed by atoms with van der Waals surface area (Å²) in [6, 6.07) is 7.03. The molecule has 2 aromatic rings. The molecule has 7 heteroatoms.